The molecular formula is C22H37IN4O. The predicted molar refractivity (Wildman–Crippen MR) is 128 cm³/mol. The lowest BCUT2D eigenvalue weighted by Crippen LogP contribution is -2.43. The summed E-state index contributed by atoms with van der Waals surface area (Å²) in [4.78, 5) is 18.7. The van der Waals surface area contributed by atoms with Crippen molar-refractivity contribution in [1.82, 2.24) is 15.5 Å². The van der Waals surface area contributed by atoms with Gasteiger partial charge in [-0.3, -0.25) is 9.79 Å². The highest BCUT2D eigenvalue weighted by atomic mass is 127. The molecule has 0 spiro atoms. The fraction of sp³-hybridized carbons (Fsp3) is 0.636. The second-order valence-corrected chi connectivity index (χ2v) is 8.77. The van der Waals surface area contributed by atoms with Gasteiger partial charge in [-0.1, -0.05) is 45.0 Å². The summed E-state index contributed by atoms with van der Waals surface area (Å²) in [6, 6.07) is 8.68. The van der Waals surface area contributed by atoms with Crippen LogP contribution >= 0.6 is 24.0 Å². The summed E-state index contributed by atoms with van der Waals surface area (Å²) >= 11 is 0. The lowest BCUT2D eigenvalue weighted by Gasteiger charge is -2.23. The van der Waals surface area contributed by atoms with E-state index in [0.29, 0.717) is 17.9 Å². The maximum absolute atomic E-state index is 12.4. The maximum Gasteiger partial charge on any atom is 0.223 e. The van der Waals surface area contributed by atoms with Gasteiger partial charge in [0.2, 0.25) is 5.91 Å². The highest BCUT2D eigenvalue weighted by molar-refractivity contribution is 14.0. The summed E-state index contributed by atoms with van der Waals surface area (Å²) in [5.74, 6) is 1.05. The Morgan fingerprint density at radius 2 is 1.82 bits per heavy atom. The lowest BCUT2D eigenvalue weighted by molar-refractivity contribution is -0.131. The first-order valence-corrected chi connectivity index (χ1v) is 10.1. The highest BCUT2D eigenvalue weighted by Gasteiger charge is 2.22. The Kier molecular flexibility index (Phi) is 10.3. The van der Waals surface area contributed by atoms with Crippen molar-refractivity contribution in [1.29, 1.82) is 0 Å². The average molecular weight is 500 g/mol. The van der Waals surface area contributed by atoms with Crippen molar-refractivity contribution in [3.8, 4) is 0 Å². The number of guanidine groups is 1. The van der Waals surface area contributed by atoms with Crippen molar-refractivity contribution in [2.24, 2.45) is 10.4 Å². The quantitative estimate of drug-likeness (QED) is 0.254. The number of carbonyl (C=O) groups is 1. The molecule has 0 aromatic heterocycles. The second-order valence-electron chi connectivity index (χ2n) is 8.77. The van der Waals surface area contributed by atoms with Gasteiger partial charge in [0.1, 0.15) is 0 Å². The van der Waals surface area contributed by atoms with E-state index in [4.69, 9.17) is 0 Å². The van der Waals surface area contributed by atoms with Gasteiger partial charge in [0.25, 0.3) is 0 Å². The molecule has 158 valence electrons. The Morgan fingerprint density at radius 1 is 1.21 bits per heavy atom. The number of hydrogen-bond donors (Lipinski definition) is 2. The van der Waals surface area contributed by atoms with Gasteiger partial charge in [0.15, 0.2) is 5.96 Å². The lowest BCUT2D eigenvalue weighted by atomic mass is 9.89. The number of benzene rings is 1. The summed E-state index contributed by atoms with van der Waals surface area (Å²) < 4.78 is 0. The molecule has 1 unspecified atom stereocenters. The second kappa shape index (κ2) is 11.6. The molecule has 6 heteroatoms. The van der Waals surface area contributed by atoms with Crippen LogP contribution in [-0.2, 0) is 17.9 Å². The zero-order valence-corrected chi connectivity index (χ0v) is 20.4. The molecule has 0 radical (unpaired) electrons. The Morgan fingerprint density at radius 3 is 2.36 bits per heavy atom. The van der Waals surface area contributed by atoms with Crippen LogP contribution in [0.4, 0.5) is 0 Å². The molecule has 1 aliphatic heterocycles. The number of nitrogens with zero attached hydrogens (tertiary/aromatic N) is 2. The van der Waals surface area contributed by atoms with Crippen molar-refractivity contribution in [2.75, 3.05) is 13.6 Å². The normalized spacial score (nSPS) is 14.9. The van der Waals surface area contributed by atoms with Crippen LogP contribution < -0.4 is 10.6 Å². The van der Waals surface area contributed by atoms with Gasteiger partial charge in [-0.25, -0.2) is 0 Å². The van der Waals surface area contributed by atoms with Gasteiger partial charge in [0, 0.05) is 39.1 Å². The number of fused-ring (bicyclic) bond motifs is 1. The van der Waals surface area contributed by atoms with Crippen LogP contribution in [0.3, 0.4) is 0 Å². The molecule has 5 nitrogen and oxygen atoms in total. The van der Waals surface area contributed by atoms with E-state index in [2.05, 4.69) is 55.5 Å². The van der Waals surface area contributed by atoms with Gasteiger partial charge < -0.3 is 15.5 Å². The van der Waals surface area contributed by atoms with Crippen molar-refractivity contribution in [2.45, 2.75) is 72.5 Å². The van der Waals surface area contributed by atoms with Crippen LogP contribution in [-0.4, -0.2) is 36.4 Å². The fourth-order valence-electron chi connectivity index (χ4n) is 3.26. The van der Waals surface area contributed by atoms with E-state index in [0.717, 1.165) is 38.4 Å². The summed E-state index contributed by atoms with van der Waals surface area (Å²) in [5.41, 5.74) is 2.90. The molecule has 28 heavy (non-hydrogen) atoms. The molecular weight excluding hydrogens is 463 g/mol. The third kappa shape index (κ3) is 8.37. The first-order chi connectivity index (χ1) is 12.8. The van der Waals surface area contributed by atoms with E-state index in [1.54, 1.807) is 7.05 Å². The number of carbonyl (C=O) groups excluding carboxylic acids is 1. The summed E-state index contributed by atoms with van der Waals surface area (Å²) in [7, 11) is 1.79. The molecule has 1 aliphatic rings. The topological polar surface area (TPSA) is 56.7 Å². The number of halogens is 1. The van der Waals surface area contributed by atoms with E-state index in [9.17, 15) is 4.79 Å². The van der Waals surface area contributed by atoms with Crippen LogP contribution in [0.1, 0.15) is 64.5 Å². The molecule has 0 saturated carbocycles. The van der Waals surface area contributed by atoms with Crippen LogP contribution in [0.25, 0.3) is 0 Å². The van der Waals surface area contributed by atoms with E-state index < -0.39 is 0 Å². The zero-order chi connectivity index (χ0) is 19.9. The summed E-state index contributed by atoms with van der Waals surface area (Å²) in [6.45, 7) is 11.2. The third-order valence-electron chi connectivity index (χ3n) is 4.99. The minimum atomic E-state index is 0. The van der Waals surface area contributed by atoms with Crippen molar-refractivity contribution in [3.05, 3.63) is 35.4 Å². The largest absolute Gasteiger partial charge is 0.356 e. The number of rotatable bonds is 7. The van der Waals surface area contributed by atoms with Gasteiger partial charge in [0.05, 0.1) is 0 Å². The molecule has 0 saturated heterocycles. The van der Waals surface area contributed by atoms with E-state index >= 15 is 0 Å². The Bertz CT molecular complexity index is 629. The average Bonchev–Trinajstić information content (AvgIpc) is 3.06. The first kappa shape index (κ1) is 24.7. The minimum Gasteiger partial charge on any atom is -0.356 e. The predicted octanol–water partition coefficient (Wildman–Crippen LogP) is 4.31. The van der Waals surface area contributed by atoms with E-state index in [1.807, 2.05) is 17.0 Å². The number of amides is 1. The smallest absolute Gasteiger partial charge is 0.223 e. The SMILES string of the molecule is CN=C(NCCCC(=O)N1Cc2ccccc2C1)NC(C)CCC(C)(C)C.I. The number of nitrogens with one attached hydrogen (secondary N) is 2. The molecule has 1 atom stereocenters. The third-order valence-corrected chi connectivity index (χ3v) is 4.99. The minimum absolute atomic E-state index is 0. The van der Waals surface area contributed by atoms with Gasteiger partial charge in [-0.15, -0.1) is 24.0 Å². The first-order valence-electron chi connectivity index (χ1n) is 10.1. The Balaban J connectivity index is 0.00000392. The van der Waals surface area contributed by atoms with Gasteiger partial charge in [-0.2, -0.15) is 0 Å². The summed E-state index contributed by atoms with van der Waals surface area (Å²) in [6.07, 6.45) is 3.66. The summed E-state index contributed by atoms with van der Waals surface area (Å²) in [5, 5.41) is 6.77. The molecule has 2 rings (SSSR count). The van der Waals surface area contributed by atoms with E-state index in [1.165, 1.54) is 17.5 Å². The number of aliphatic imine (C=N–C) groups is 1. The van der Waals surface area contributed by atoms with Crippen molar-refractivity contribution in [3.63, 3.8) is 0 Å². The van der Waals surface area contributed by atoms with Gasteiger partial charge in [-0.05, 0) is 42.7 Å². The Labute approximate surface area is 187 Å². The Hall–Kier alpha value is -1.31. The monoisotopic (exact) mass is 500 g/mol. The van der Waals surface area contributed by atoms with Crippen LogP contribution in [0, 0.1) is 5.41 Å². The van der Waals surface area contributed by atoms with Crippen molar-refractivity contribution >= 4 is 35.8 Å². The van der Waals surface area contributed by atoms with Crippen LogP contribution in [0.5, 0.6) is 0 Å². The standard InChI is InChI=1S/C22H36N4O.HI/c1-17(12-13-22(2,3)4)25-21(23-5)24-14-8-11-20(27)26-15-18-9-6-7-10-19(18)16-26;/h6-7,9-10,17H,8,11-16H2,1-5H3,(H2,23,24,25);1H. The van der Waals surface area contributed by atoms with Crippen LogP contribution in [0.15, 0.2) is 29.3 Å². The molecule has 0 aliphatic carbocycles. The fourth-order valence-corrected chi connectivity index (χ4v) is 3.26. The molecule has 2 N–H and O–H groups in total. The highest BCUT2D eigenvalue weighted by Crippen LogP contribution is 2.23. The zero-order valence-electron chi connectivity index (χ0n) is 18.0. The van der Waals surface area contributed by atoms with Crippen LogP contribution in [0.2, 0.25) is 0 Å². The van der Waals surface area contributed by atoms with Gasteiger partial charge >= 0.3 is 0 Å². The van der Waals surface area contributed by atoms with E-state index in [-0.39, 0.29) is 29.9 Å². The number of hydrogen-bond acceptors (Lipinski definition) is 2. The molecule has 1 amide bonds. The molecule has 0 bridgehead atoms. The maximum atomic E-state index is 12.4. The molecule has 1 aromatic rings. The molecule has 1 aromatic carbocycles. The molecule has 1 heterocycles. The van der Waals surface area contributed by atoms with Crippen molar-refractivity contribution < 1.29 is 4.79 Å². The molecule has 0 fully saturated rings.